The Bertz CT molecular complexity index is 781. The Morgan fingerprint density at radius 2 is 1.74 bits per heavy atom. The Hall–Kier alpha value is -2.40. The van der Waals surface area contributed by atoms with Gasteiger partial charge in [-0.3, -0.25) is 9.69 Å². The molecule has 1 unspecified atom stereocenters. The number of carbonyl (C=O) groups excluding carboxylic acids is 1. The number of likely N-dealkylation sites (tertiary alicyclic amines) is 2. The van der Waals surface area contributed by atoms with E-state index in [0.29, 0.717) is 19.5 Å². The molecule has 0 bridgehead atoms. The van der Waals surface area contributed by atoms with Crippen LogP contribution in [0.3, 0.4) is 0 Å². The SMILES string of the molecule is O=C1C(N2CC[C@H](c3ccc(O)cc3)[C@@H](F)C2)CCN1Cc1ccccc1. The van der Waals surface area contributed by atoms with Gasteiger partial charge in [0.1, 0.15) is 11.9 Å². The number of phenolic OH excluding ortho intramolecular Hbond substituents is 1. The van der Waals surface area contributed by atoms with Crippen molar-refractivity contribution in [1.82, 2.24) is 9.80 Å². The number of piperidine rings is 1. The van der Waals surface area contributed by atoms with Crippen LogP contribution in [0.2, 0.25) is 0 Å². The highest BCUT2D eigenvalue weighted by atomic mass is 19.1. The van der Waals surface area contributed by atoms with Gasteiger partial charge in [-0.15, -0.1) is 0 Å². The van der Waals surface area contributed by atoms with Gasteiger partial charge < -0.3 is 10.0 Å². The zero-order valence-electron chi connectivity index (χ0n) is 15.3. The molecule has 2 aliphatic heterocycles. The molecule has 2 aliphatic rings. The second kappa shape index (κ2) is 7.69. The smallest absolute Gasteiger partial charge is 0.240 e. The summed E-state index contributed by atoms with van der Waals surface area (Å²) in [4.78, 5) is 16.7. The molecule has 1 amide bonds. The van der Waals surface area contributed by atoms with Gasteiger partial charge in [0.15, 0.2) is 0 Å². The fourth-order valence-corrected chi connectivity index (χ4v) is 4.33. The monoisotopic (exact) mass is 368 g/mol. The minimum atomic E-state index is -1.00. The summed E-state index contributed by atoms with van der Waals surface area (Å²) in [6.45, 7) is 2.37. The summed E-state index contributed by atoms with van der Waals surface area (Å²) in [7, 11) is 0. The zero-order valence-corrected chi connectivity index (χ0v) is 15.3. The highest BCUT2D eigenvalue weighted by molar-refractivity contribution is 5.84. The number of nitrogens with zero attached hydrogens (tertiary/aromatic N) is 2. The molecular weight excluding hydrogens is 343 g/mol. The van der Waals surface area contributed by atoms with Crippen LogP contribution in [0.1, 0.15) is 29.9 Å². The fourth-order valence-electron chi connectivity index (χ4n) is 4.33. The number of benzene rings is 2. The maximum absolute atomic E-state index is 14.9. The first-order chi connectivity index (χ1) is 13.1. The standard InChI is InChI=1S/C22H25FN2O2/c23-20-15-24(12-10-19(20)17-6-8-18(26)9-7-17)21-11-13-25(22(21)27)14-16-4-2-1-3-5-16/h1-9,19-21,26H,10-15H2/t19-,20+,21?/m1/s1. The molecule has 0 aromatic heterocycles. The third-order valence-electron chi connectivity index (χ3n) is 5.82. The summed E-state index contributed by atoms with van der Waals surface area (Å²) < 4.78 is 14.9. The molecule has 2 heterocycles. The van der Waals surface area contributed by atoms with Gasteiger partial charge in [-0.25, -0.2) is 4.39 Å². The van der Waals surface area contributed by atoms with Gasteiger partial charge >= 0.3 is 0 Å². The molecule has 2 saturated heterocycles. The average molecular weight is 368 g/mol. The van der Waals surface area contributed by atoms with E-state index in [-0.39, 0.29) is 23.6 Å². The van der Waals surface area contributed by atoms with Crippen LogP contribution in [0.4, 0.5) is 4.39 Å². The van der Waals surface area contributed by atoms with Gasteiger partial charge in [0.2, 0.25) is 5.91 Å². The Morgan fingerprint density at radius 3 is 2.44 bits per heavy atom. The van der Waals surface area contributed by atoms with Crippen LogP contribution in [0.15, 0.2) is 54.6 Å². The molecule has 27 heavy (non-hydrogen) atoms. The van der Waals surface area contributed by atoms with Crippen molar-refractivity contribution in [3.8, 4) is 5.75 Å². The predicted octanol–water partition coefficient (Wildman–Crippen LogP) is 3.32. The average Bonchev–Trinajstić information content (AvgIpc) is 3.04. The molecule has 2 fully saturated rings. The summed E-state index contributed by atoms with van der Waals surface area (Å²) in [5.74, 6) is 0.148. The van der Waals surface area contributed by atoms with Gasteiger partial charge in [0.05, 0.1) is 6.04 Å². The van der Waals surface area contributed by atoms with Crippen LogP contribution in [0.5, 0.6) is 5.75 Å². The minimum absolute atomic E-state index is 0.120. The van der Waals surface area contributed by atoms with E-state index in [0.717, 1.165) is 30.6 Å². The number of phenols is 1. The molecule has 0 aliphatic carbocycles. The van der Waals surface area contributed by atoms with E-state index in [1.165, 1.54) is 0 Å². The van der Waals surface area contributed by atoms with Crippen molar-refractivity contribution in [1.29, 1.82) is 0 Å². The van der Waals surface area contributed by atoms with Crippen LogP contribution in [0, 0.1) is 0 Å². The lowest BCUT2D eigenvalue weighted by Gasteiger charge is -2.37. The Labute approximate surface area is 159 Å². The van der Waals surface area contributed by atoms with Crippen molar-refractivity contribution >= 4 is 5.91 Å². The van der Waals surface area contributed by atoms with Crippen LogP contribution in [0.25, 0.3) is 0 Å². The van der Waals surface area contributed by atoms with E-state index in [2.05, 4.69) is 0 Å². The number of amides is 1. The van der Waals surface area contributed by atoms with Crippen LogP contribution in [-0.4, -0.2) is 52.7 Å². The fraction of sp³-hybridized carbons (Fsp3) is 0.409. The van der Waals surface area contributed by atoms with Gasteiger partial charge in [0.25, 0.3) is 0 Å². The summed E-state index contributed by atoms with van der Waals surface area (Å²) in [6.07, 6.45) is 0.454. The van der Waals surface area contributed by atoms with Gasteiger partial charge in [-0.05, 0) is 42.6 Å². The van der Waals surface area contributed by atoms with E-state index < -0.39 is 6.17 Å². The predicted molar refractivity (Wildman–Crippen MR) is 102 cm³/mol. The molecule has 3 atom stereocenters. The van der Waals surface area contributed by atoms with E-state index in [1.54, 1.807) is 24.3 Å². The normalized spacial score (nSPS) is 26.5. The molecule has 2 aromatic rings. The molecule has 142 valence electrons. The molecule has 4 rings (SSSR count). The number of halogens is 1. The molecule has 4 nitrogen and oxygen atoms in total. The second-order valence-electron chi connectivity index (χ2n) is 7.55. The molecule has 0 radical (unpaired) electrons. The van der Waals surface area contributed by atoms with Crippen molar-refractivity contribution in [3.63, 3.8) is 0 Å². The third-order valence-corrected chi connectivity index (χ3v) is 5.82. The molecule has 0 spiro atoms. The Morgan fingerprint density at radius 1 is 1.00 bits per heavy atom. The quantitative estimate of drug-likeness (QED) is 0.900. The zero-order chi connectivity index (χ0) is 18.8. The first-order valence-corrected chi connectivity index (χ1v) is 9.61. The number of carbonyl (C=O) groups is 1. The third kappa shape index (κ3) is 3.83. The lowest BCUT2D eigenvalue weighted by atomic mass is 9.87. The molecule has 0 saturated carbocycles. The van der Waals surface area contributed by atoms with Crippen LogP contribution < -0.4 is 0 Å². The first kappa shape index (κ1) is 18.0. The maximum atomic E-state index is 14.9. The van der Waals surface area contributed by atoms with Crippen molar-refractivity contribution in [2.24, 2.45) is 0 Å². The molecular formula is C22H25FN2O2. The van der Waals surface area contributed by atoms with E-state index in [1.807, 2.05) is 40.1 Å². The highest BCUT2D eigenvalue weighted by Crippen LogP contribution is 2.33. The Balaban J connectivity index is 1.37. The summed E-state index contributed by atoms with van der Waals surface area (Å²) >= 11 is 0. The van der Waals surface area contributed by atoms with Crippen LogP contribution >= 0.6 is 0 Å². The number of hydrogen-bond acceptors (Lipinski definition) is 3. The van der Waals surface area contributed by atoms with Crippen molar-refractivity contribution in [2.75, 3.05) is 19.6 Å². The number of alkyl halides is 1. The summed E-state index contributed by atoms with van der Waals surface area (Å²) in [6, 6.07) is 16.6. The summed E-state index contributed by atoms with van der Waals surface area (Å²) in [5.41, 5.74) is 2.05. The van der Waals surface area contributed by atoms with Crippen LogP contribution in [-0.2, 0) is 11.3 Å². The first-order valence-electron chi connectivity index (χ1n) is 9.61. The van der Waals surface area contributed by atoms with Gasteiger partial charge in [0, 0.05) is 25.6 Å². The van der Waals surface area contributed by atoms with Crippen molar-refractivity contribution in [3.05, 3.63) is 65.7 Å². The maximum Gasteiger partial charge on any atom is 0.240 e. The van der Waals surface area contributed by atoms with Gasteiger partial charge in [-0.1, -0.05) is 42.5 Å². The highest BCUT2D eigenvalue weighted by Gasteiger charge is 2.40. The van der Waals surface area contributed by atoms with Crippen molar-refractivity contribution in [2.45, 2.75) is 37.5 Å². The largest absolute Gasteiger partial charge is 0.508 e. The number of aromatic hydroxyl groups is 1. The Kier molecular flexibility index (Phi) is 5.12. The molecule has 2 aromatic carbocycles. The molecule has 5 heteroatoms. The molecule has 1 N–H and O–H groups in total. The van der Waals surface area contributed by atoms with E-state index >= 15 is 0 Å². The summed E-state index contributed by atoms with van der Waals surface area (Å²) in [5, 5.41) is 9.42. The van der Waals surface area contributed by atoms with E-state index in [4.69, 9.17) is 0 Å². The van der Waals surface area contributed by atoms with Crippen molar-refractivity contribution < 1.29 is 14.3 Å². The van der Waals surface area contributed by atoms with Gasteiger partial charge in [-0.2, -0.15) is 0 Å². The lowest BCUT2D eigenvalue weighted by molar-refractivity contribution is -0.133. The minimum Gasteiger partial charge on any atom is -0.508 e. The topological polar surface area (TPSA) is 43.8 Å². The second-order valence-corrected chi connectivity index (χ2v) is 7.55. The number of hydrogen-bond donors (Lipinski definition) is 1. The number of rotatable bonds is 4. The lowest BCUT2D eigenvalue weighted by Crippen LogP contribution is -2.49. The van der Waals surface area contributed by atoms with E-state index in [9.17, 15) is 14.3 Å².